The fraction of sp³-hybridized carbons (Fsp3) is 0.167. The molecule has 86 valence electrons. The first kappa shape index (κ1) is 11.6. The maximum Gasteiger partial charge on any atom is 0.103 e. The number of anilines is 2. The summed E-state index contributed by atoms with van der Waals surface area (Å²) in [6.45, 7) is 0. The highest BCUT2D eigenvalue weighted by atomic mass is 32.2. The molecule has 2 aromatic rings. The molecule has 17 heavy (non-hydrogen) atoms. The van der Waals surface area contributed by atoms with Crippen molar-refractivity contribution in [2.24, 2.45) is 7.05 Å². The average molecular weight is 244 g/mol. The first-order chi connectivity index (χ1) is 8.24. The van der Waals surface area contributed by atoms with Crippen LogP contribution in [0, 0.1) is 11.3 Å². The zero-order valence-electron chi connectivity index (χ0n) is 9.64. The Morgan fingerprint density at radius 1 is 1.47 bits per heavy atom. The van der Waals surface area contributed by atoms with E-state index in [1.54, 1.807) is 22.6 Å². The Morgan fingerprint density at radius 3 is 2.88 bits per heavy atom. The highest BCUT2D eigenvalue weighted by Crippen LogP contribution is 2.28. The fourth-order valence-corrected chi connectivity index (χ4v) is 2.14. The Labute approximate surface area is 104 Å². The molecule has 0 aliphatic rings. The van der Waals surface area contributed by atoms with Gasteiger partial charge in [0.05, 0.1) is 23.1 Å². The second-order valence-electron chi connectivity index (χ2n) is 3.52. The molecule has 0 aliphatic carbocycles. The Balaban J connectivity index is 2.36. The summed E-state index contributed by atoms with van der Waals surface area (Å²) >= 11 is 1.57. The van der Waals surface area contributed by atoms with Crippen molar-refractivity contribution in [3.63, 3.8) is 0 Å². The number of aryl methyl sites for hydroxylation is 1. The first-order valence-corrected chi connectivity index (χ1v) is 6.30. The molecule has 0 unspecified atom stereocenters. The standard InChI is InChI=1S/C12H12N4S/c1-16-8-9(7-14-16)15-11-4-3-5-12(17-2)10(11)6-13/h3-5,7-8,15H,1-2H3. The number of benzene rings is 1. The summed E-state index contributed by atoms with van der Waals surface area (Å²) in [5.41, 5.74) is 2.36. The molecular weight excluding hydrogens is 232 g/mol. The summed E-state index contributed by atoms with van der Waals surface area (Å²) in [5.74, 6) is 0. The van der Waals surface area contributed by atoms with E-state index in [0.717, 1.165) is 16.3 Å². The van der Waals surface area contributed by atoms with E-state index < -0.39 is 0 Å². The molecule has 0 amide bonds. The van der Waals surface area contributed by atoms with Gasteiger partial charge in [0.2, 0.25) is 0 Å². The van der Waals surface area contributed by atoms with Crippen LogP contribution in [-0.2, 0) is 7.05 Å². The van der Waals surface area contributed by atoms with Gasteiger partial charge in [0.1, 0.15) is 6.07 Å². The van der Waals surface area contributed by atoms with E-state index in [2.05, 4.69) is 16.5 Å². The van der Waals surface area contributed by atoms with Crippen LogP contribution in [0.5, 0.6) is 0 Å². The molecule has 0 saturated carbocycles. The Bertz CT molecular complexity index is 568. The molecule has 0 spiro atoms. The predicted molar refractivity (Wildman–Crippen MR) is 69.4 cm³/mol. The number of hydrogen-bond donors (Lipinski definition) is 1. The van der Waals surface area contributed by atoms with E-state index in [0.29, 0.717) is 5.56 Å². The monoisotopic (exact) mass is 244 g/mol. The molecule has 0 aliphatic heterocycles. The van der Waals surface area contributed by atoms with Crippen molar-refractivity contribution in [3.8, 4) is 6.07 Å². The lowest BCUT2D eigenvalue weighted by Crippen LogP contribution is -1.94. The predicted octanol–water partition coefficient (Wildman–Crippen LogP) is 2.76. The quantitative estimate of drug-likeness (QED) is 0.843. The molecule has 0 saturated heterocycles. The molecule has 1 aromatic heterocycles. The van der Waals surface area contributed by atoms with Gasteiger partial charge in [0.15, 0.2) is 0 Å². The summed E-state index contributed by atoms with van der Waals surface area (Å²) in [7, 11) is 1.86. The van der Waals surface area contributed by atoms with Gasteiger partial charge >= 0.3 is 0 Å². The smallest absolute Gasteiger partial charge is 0.103 e. The minimum absolute atomic E-state index is 0.670. The highest BCUT2D eigenvalue weighted by molar-refractivity contribution is 7.98. The summed E-state index contributed by atoms with van der Waals surface area (Å²) in [5, 5.41) is 16.5. The zero-order valence-corrected chi connectivity index (χ0v) is 10.5. The molecule has 4 nitrogen and oxygen atoms in total. The number of nitrogens with zero attached hydrogens (tertiary/aromatic N) is 3. The summed E-state index contributed by atoms with van der Waals surface area (Å²) in [6, 6.07) is 8.00. The van der Waals surface area contributed by atoms with Crippen molar-refractivity contribution in [3.05, 3.63) is 36.2 Å². The van der Waals surface area contributed by atoms with Crippen LogP contribution < -0.4 is 5.32 Å². The Kier molecular flexibility index (Phi) is 3.35. The topological polar surface area (TPSA) is 53.6 Å². The maximum absolute atomic E-state index is 9.19. The third kappa shape index (κ3) is 2.43. The number of nitriles is 1. The van der Waals surface area contributed by atoms with Gasteiger partial charge in [0, 0.05) is 18.1 Å². The lowest BCUT2D eigenvalue weighted by molar-refractivity contribution is 0.768. The lowest BCUT2D eigenvalue weighted by atomic mass is 10.2. The van der Waals surface area contributed by atoms with E-state index in [9.17, 15) is 5.26 Å². The largest absolute Gasteiger partial charge is 0.352 e. The van der Waals surface area contributed by atoms with Gasteiger partial charge in [-0.1, -0.05) is 6.07 Å². The van der Waals surface area contributed by atoms with Crippen molar-refractivity contribution in [1.29, 1.82) is 5.26 Å². The Morgan fingerprint density at radius 2 is 2.29 bits per heavy atom. The number of hydrogen-bond acceptors (Lipinski definition) is 4. The van der Waals surface area contributed by atoms with Crippen molar-refractivity contribution in [2.45, 2.75) is 4.90 Å². The van der Waals surface area contributed by atoms with Gasteiger partial charge in [0.25, 0.3) is 0 Å². The van der Waals surface area contributed by atoms with Gasteiger partial charge in [-0.3, -0.25) is 4.68 Å². The van der Waals surface area contributed by atoms with Crippen LogP contribution in [-0.4, -0.2) is 16.0 Å². The molecule has 0 atom stereocenters. The molecule has 0 fully saturated rings. The van der Waals surface area contributed by atoms with Gasteiger partial charge in [-0.2, -0.15) is 10.4 Å². The summed E-state index contributed by atoms with van der Waals surface area (Å²) in [4.78, 5) is 0.974. The van der Waals surface area contributed by atoms with Crippen LogP contribution in [0.3, 0.4) is 0 Å². The zero-order chi connectivity index (χ0) is 12.3. The second-order valence-corrected chi connectivity index (χ2v) is 4.37. The van der Waals surface area contributed by atoms with E-state index in [4.69, 9.17) is 0 Å². The first-order valence-electron chi connectivity index (χ1n) is 5.07. The average Bonchev–Trinajstić information content (AvgIpc) is 2.74. The fourth-order valence-electron chi connectivity index (χ4n) is 1.56. The van der Waals surface area contributed by atoms with E-state index in [1.807, 2.05) is 37.7 Å². The third-order valence-corrected chi connectivity index (χ3v) is 3.12. The van der Waals surface area contributed by atoms with Crippen LogP contribution >= 0.6 is 11.8 Å². The van der Waals surface area contributed by atoms with Gasteiger partial charge < -0.3 is 5.32 Å². The van der Waals surface area contributed by atoms with Crippen LogP contribution in [0.2, 0.25) is 0 Å². The molecule has 2 rings (SSSR count). The summed E-state index contributed by atoms with van der Waals surface area (Å²) in [6.07, 6.45) is 5.56. The SMILES string of the molecule is CSc1cccc(Nc2cnn(C)c2)c1C#N. The number of thioether (sulfide) groups is 1. The second kappa shape index (κ2) is 4.93. The normalized spacial score (nSPS) is 9.94. The number of rotatable bonds is 3. The van der Waals surface area contributed by atoms with E-state index in [1.165, 1.54) is 0 Å². The van der Waals surface area contributed by atoms with Crippen molar-refractivity contribution in [2.75, 3.05) is 11.6 Å². The van der Waals surface area contributed by atoms with Crippen LogP contribution in [0.1, 0.15) is 5.56 Å². The van der Waals surface area contributed by atoms with Gasteiger partial charge in [-0.15, -0.1) is 11.8 Å². The van der Waals surface area contributed by atoms with Crippen molar-refractivity contribution in [1.82, 2.24) is 9.78 Å². The van der Waals surface area contributed by atoms with Crippen LogP contribution in [0.25, 0.3) is 0 Å². The highest BCUT2D eigenvalue weighted by Gasteiger charge is 2.07. The molecule has 5 heteroatoms. The number of aromatic nitrogens is 2. The third-order valence-electron chi connectivity index (χ3n) is 2.34. The van der Waals surface area contributed by atoms with Crippen LogP contribution in [0.4, 0.5) is 11.4 Å². The lowest BCUT2D eigenvalue weighted by Gasteiger charge is -2.08. The van der Waals surface area contributed by atoms with Crippen molar-refractivity contribution >= 4 is 23.1 Å². The number of nitrogens with one attached hydrogen (secondary N) is 1. The molecule has 1 N–H and O–H groups in total. The van der Waals surface area contributed by atoms with Gasteiger partial charge in [-0.05, 0) is 18.4 Å². The minimum Gasteiger partial charge on any atom is -0.352 e. The van der Waals surface area contributed by atoms with Crippen LogP contribution in [0.15, 0.2) is 35.5 Å². The maximum atomic E-state index is 9.19. The molecule has 0 bridgehead atoms. The van der Waals surface area contributed by atoms with Gasteiger partial charge in [-0.25, -0.2) is 0 Å². The van der Waals surface area contributed by atoms with Crippen molar-refractivity contribution < 1.29 is 0 Å². The summed E-state index contributed by atoms with van der Waals surface area (Å²) < 4.78 is 1.72. The minimum atomic E-state index is 0.670. The van der Waals surface area contributed by atoms with E-state index >= 15 is 0 Å². The van der Waals surface area contributed by atoms with E-state index in [-0.39, 0.29) is 0 Å². The molecule has 1 aromatic carbocycles. The molecule has 0 radical (unpaired) electrons. The molecular formula is C12H12N4S. The molecule has 1 heterocycles. The Hall–Kier alpha value is -1.93.